The van der Waals surface area contributed by atoms with Gasteiger partial charge in [0, 0.05) is 13.0 Å². The summed E-state index contributed by atoms with van der Waals surface area (Å²) in [6, 6.07) is 1.57. The first-order valence-corrected chi connectivity index (χ1v) is 7.24. The average Bonchev–Trinajstić information content (AvgIpc) is 2.68. The van der Waals surface area contributed by atoms with Crippen molar-refractivity contribution < 1.29 is 13.2 Å². The normalized spacial score (nSPS) is 22.6. The maximum absolute atomic E-state index is 11.4. The van der Waals surface area contributed by atoms with E-state index in [0.29, 0.717) is 12.2 Å². The Bertz CT molecular complexity index is 547. The Balaban J connectivity index is 2.29. The van der Waals surface area contributed by atoms with E-state index in [1.54, 1.807) is 10.7 Å². The molecule has 7 heteroatoms. The van der Waals surface area contributed by atoms with Crippen LogP contribution in [0.5, 0.6) is 0 Å². The number of carbonyl (C=O) groups excluding carboxylic acids is 1. The molecule has 0 unspecified atom stereocenters. The number of carbonyl (C=O) groups is 1. The van der Waals surface area contributed by atoms with Gasteiger partial charge < -0.3 is 5.32 Å². The molecular formula is C10H15N3O3S. The van der Waals surface area contributed by atoms with Gasteiger partial charge in [-0.3, -0.25) is 4.79 Å². The number of sulfone groups is 1. The minimum atomic E-state index is -2.95. The molecule has 1 aromatic rings. The van der Waals surface area contributed by atoms with Crippen molar-refractivity contribution in [3.05, 3.63) is 11.8 Å². The number of amides is 1. The smallest absolute Gasteiger partial charge is 0.222 e. The van der Waals surface area contributed by atoms with Crippen molar-refractivity contribution in [1.29, 1.82) is 0 Å². The minimum absolute atomic E-state index is 0.0979. The molecule has 2 heterocycles. The number of aryl methyl sites for hydroxylation is 1. The zero-order valence-electron chi connectivity index (χ0n) is 9.80. The molecule has 1 aliphatic rings. The highest BCUT2D eigenvalue weighted by Crippen LogP contribution is 2.26. The van der Waals surface area contributed by atoms with Crippen LogP contribution in [0, 0.1) is 6.92 Å². The van der Waals surface area contributed by atoms with Crippen molar-refractivity contribution in [1.82, 2.24) is 9.78 Å². The van der Waals surface area contributed by atoms with E-state index in [1.807, 2.05) is 6.92 Å². The molecular weight excluding hydrogens is 242 g/mol. The van der Waals surface area contributed by atoms with Gasteiger partial charge in [0.05, 0.1) is 23.2 Å². The highest BCUT2D eigenvalue weighted by atomic mass is 32.2. The van der Waals surface area contributed by atoms with Gasteiger partial charge in [-0.05, 0) is 13.3 Å². The molecule has 6 nitrogen and oxygen atoms in total. The van der Waals surface area contributed by atoms with Gasteiger partial charge in [-0.1, -0.05) is 0 Å². The lowest BCUT2D eigenvalue weighted by Crippen LogP contribution is -2.17. The molecule has 1 amide bonds. The van der Waals surface area contributed by atoms with Crippen molar-refractivity contribution in [2.24, 2.45) is 0 Å². The Labute approximate surface area is 99.9 Å². The average molecular weight is 257 g/mol. The summed E-state index contributed by atoms with van der Waals surface area (Å²) in [6.07, 6.45) is 0.552. The third-order valence-corrected chi connectivity index (χ3v) is 4.47. The maximum atomic E-state index is 11.4. The van der Waals surface area contributed by atoms with Crippen molar-refractivity contribution in [2.75, 3.05) is 16.8 Å². The number of rotatable bonds is 2. The lowest BCUT2D eigenvalue weighted by molar-refractivity contribution is -0.114. The number of aromatic nitrogens is 2. The first kappa shape index (κ1) is 12.1. The molecule has 1 saturated heterocycles. The van der Waals surface area contributed by atoms with E-state index in [2.05, 4.69) is 10.4 Å². The van der Waals surface area contributed by atoms with Crippen LogP contribution in [-0.4, -0.2) is 35.6 Å². The van der Waals surface area contributed by atoms with Crippen LogP contribution in [0.3, 0.4) is 0 Å². The zero-order chi connectivity index (χ0) is 12.6. The molecule has 1 aromatic heterocycles. The van der Waals surface area contributed by atoms with Crippen LogP contribution in [0.4, 0.5) is 5.82 Å². The number of hydrogen-bond acceptors (Lipinski definition) is 4. The van der Waals surface area contributed by atoms with Gasteiger partial charge >= 0.3 is 0 Å². The zero-order valence-corrected chi connectivity index (χ0v) is 10.6. The number of nitrogens with zero attached hydrogens (tertiary/aromatic N) is 2. The number of nitrogens with one attached hydrogen (secondary N) is 1. The van der Waals surface area contributed by atoms with Crippen molar-refractivity contribution in [3.63, 3.8) is 0 Å². The molecule has 94 valence electrons. The molecule has 0 saturated carbocycles. The first-order chi connectivity index (χ1) is 7.87. The summed E-state index contributed by atoms with van der Waals surface area (Å²) in [5, 5.41) is 6.91. The molecule has 17 heavy (non-hydrogen) atoms. The third-order valence-electron chi connectivity index (χ3n) is 2.72. The van der Waals surface area contributed by atoms with Gasteiger partial charge in [0.15, 0.2) is 9.84 Å². The highest BCUT2D eigenvalue weighted by Gasteiger charge is 2.31. The van der Waals surface area contributed by atoms with Crippen LogP contribution in [0.2, 0.25) is 0 Å². The fraction of sp³-hybridized carbons (Fsp3) is 0.600. The molecule has 1 atom stereocenters. The van der Waals surface area contributed by atoms with Gasteiger partial charge in [0.1, 0.15) is 5.82 Å². The Hall–Kier alpha value is -1.37. The standard InChI is InChI=1S/C10H15N3O3S/c1-7-5-10(11-8(2)14)13(12-7)9-3-4-17(15,16)6-9/h5,9H,3-4,6H2,1-2H3,(H,11,14)/t9-/m1/s1. The fourth-order valence-corrected chi connectivity index (χ4v) is 3.73. The fourth-order valence-electron chi connectivity index (χ4n) is 2.04. The molecule has 0 aromatic carbocycles. The summed E-state index contributed by atoms with van der Waals surface area (Å²) >= 11 is 0. The van der Waals surface area contributed by atoms with E-state index in [1.165, 1.54) is 6.92 Å². The van der Waals surface area contributed by atoms with Crippen molar-refractivity contribution >= 4 is 21.6 Å². The van der Waals surface area contributed by atoms with E-state index in [0.717, 1.165) is 5.69 Å². The second-order valence-corrected chi connectivity index (χ2v) is 6.58. The summed E-state index contributed by atoms with van der Waals surface area (Å²) in [4.78, 5) is 11.0. The van der Waals surface area contributed by atoms with Gasteiger partial charge in [0.25, 0.3) is 0 Å². The van der Waals surface area contributed by atoms with Gasteiger partial charge in [0.2, 0.25) is 5.91 Å². The molecule has 1 fully saturated rings. The Morgan fingerprint density at radius 1 is 1.59 bits per heavy atom. The van der Waals surface area contributed by atoms with Crippen molar-refractivity contribution in [3.8, 4) is 0 Å². The minimum Gasteiger partial charge on any atom is -0.311 e. The first-order valence-electron chi connectivity index (χ1n) is 5.41. The molecule has 0 spiro atoms. The van der Waals surface area contributed by atoms with E-state index in [9.17, 15) is 13.2 Å². The van der Waals surface area contributed by atoms with Crippen LogP contribution in [0.1, 0.15) is 25.1 Å². The summed E-state index contributed by atoms with van der Waals surface area (Å²) in [5.41, 5.74) is 0.762. The lowest BCUT2D eigenvalue weighted by Gasteiger charge is -2.12. The highest BCUT2D eigenvalue weighted by molar-refractivity contribution is 7.91. The second-order valence-electron chi connectivity index (χ2n) is 4.35. The van der Waals surface area contributed by atoms with Gasteiger partial charge in [-0.15, -0.1) is 0 Å². The summed E-state index contributed by atoms with van der Waals surface area (Å²) in [6.45, 7) is 3.23. The molecule has 0 aliphatic carbocycles. The SMILES string of the molecule is CC(=O)Nc1cc(C)nn1[C@@H]1CCS(=O)(=O)C1. The summed E-state index contributed by atoms with van der Waals surface area (Å²) < 4.78 is 24.5. The number of hydrogen-bond donors (Lipinski definition) is 1. The largest absolute Gasteiger partial charge is 0.311 e. The van der Waals surface area contributed by atoms with Gasteiger partial charge in [-0.25, -0.2) is 13.1 Å². The van der Waals surface area contributed by atoms with Gasteiger partial charge in [-0.2, -0.15) is 5.10 Å². The quantitative estimate of drug-likeness (QED) is 0.837. The predicted molar refractivity (Wildman–Crippen MR) is 63.6 cm³/mol. The van der Waals surface area contributed by atoms with Crippen LogP contribution in [0.25, 0.3) is 0 Å². The van der Waals surface area contributed by atoms with Crippen molar-refractivity contribution in [2.45, 2.75) is 26.3 Å². The Morgan fingerprint density at radius 3 is 2.82 bits per heavy atom. The molecule has 0 bridgehead atoms. The topological polar surface area (TPSA) is 81.1 Å². The number of anilines is 1. The predicted octanol–water partition coefficient (Wildman–Crippen LogP) is 0.510. The molecule has 1 aliphatic heterocycles. The summed E-state index contributed by atoms with van der Waals surface area (Å²) in [7, 11) is -2.95. The van der Waals surface area contributed by atoms with Crippen LogP contribution in [-0.2, 0) is 14.6 Å². The third kappa shape index (κ3) is 2.66. The summed E-state index contributed by atoms with van der Waals surface area (Å²) in [5.74, 6) is 0.667. The second kappa shape index (κ2) is 4.14. The Morgan fingerprint density at radius 2 is 2.29 bits per heavy atom. The van der Waals surface area contributed by atoms with Crippen LogP contribution >= 0.6 is 0 Å². The lowest BCUT2D eigenvalue weighted by atomic mass is 10.3. The van der Waals surface area contributed by atoms with E-state index < -0.39 is 9.84 Å². The monoisotopic (exact) mass is 257 g/mol. The van der Waals surface area contributed by atoms with Crippen LogP contribution < -0.4 is 5.32 Å². The Kier molecular flexibility index (Phi) is 2.94. The molecule has 2 rings (SSSR count). The molecule has 1 N–H and O–H groups in total. The van der Waals surface area contributed by atoms with E-state index >= 15 is 0 Å². The van der Waals surface area contributed by atoms with Crippen LogP contribution in [0.15, 0.2) is 6.07 Å². The molecule has 0 radical (unpaired) electrons. The van der Waals surface area contributed by atoms with E-state index in [4.69, 9.17) is 0 Å². The maximum Gasteiger partial charge on any atom is 0.222 e. The van der Waals surface area contributed by atoms with E-state index in [-0.39, 0.29) is 23.5 Å².